The molecule has 0 spiro atoms. The van der Waals surface area contributed by atoms with Crippen molar-refractivity contribution in [2.75, 3.05) is 31.1 Å². The summed E-state index contributed by atoms with van der Waals surface area (Å²) in [6.45, 7) is 5.13. The van der Waals surface area contributed by atoms with Gasteiger partial charge in [-0.05, 0) is 35.4 Å². The molecule has 134 valence electrons. The molecule has 2 aliphatic heterocycles. The highest BCUT2D eigenvalue weighted by molar-refractivity contribution is 5.94. The van der Waals surface area contributed by atoms with Gasteiger partial charge in [-0.15, -0.1) is 24.8 Å². The van der Waals surface area contributed by atoms with Crippen LogP contribution >= 0.6 is 24.8 Å². The summed E-state index contributed by atoms with van der Waals surface area (Å²) in [5.41, 5.74) is 4.64. The van der Waals surface area contributed by atoms with Crippen molar-refractivity contribution in [3.8, 4) is 0 Å². The van der Waals surface area contributed by atoms with E-state index < -0.39 is 0 Å². The molecule has 2 heterocycles. The van der Waals surface area contributed by atoms with Crippen LogP contribution in [0.1, 0.15) is 21.5 Å². The number of nitrogens with one attached hydrogen (secondary N) is 1. The zero-order valence-corrected chi connectivity index (χ0v) is 15.6. The lowest BCUT2D eigenvalue weighted by atomic mass is 10.1. The van der Waals surface area contributed by atoms with Crippen molar-refractivity contribution in [1.82, 2.24) is 10.2 Å². The lowest BCUT2D eigenvalue weighted by Crippen LogP contribution is -2.48. The van der Waals surface area contributed by atoms with E-state index in [4.69, 9.17) is 0 Å². The minimum absolute atomic E-state index is 0. The predicted octanol–water partition coefficient (Wildman–Crippen LogP) is 3.10. The van der Waals surface area contributed by atoms with Crippen LogP contribution in [0, 0.1) is 0 Å². The van der Waals surface area contributed by atoms with Gasteiger partial charge in [0.15, 0.2) is 0 Å². The minimum Gasteiger partial charge on any atom is -0.368 e. The van der Waals surface area contributed by atoms with Crippen LogP contribution in [-0.2, 0) is 13.1 Å². The first-order valence-electron chi connectivity index (χ1n) is 8.23. The van der Waals surface area contributed by atoms with Gasteiger partial charge < -0.3 is 15.1 Å². The Kier molecular flexibility index (Phi) is 6.71. The topological polar surface area (TPSA) is 35.6 Å². The Balaban J connectivity index is 0.00000113. The fourth-order valence-corrected chi connectivity index (χ4v) is 3.42. The molecule has 2 aliphatic rings. The molecule has 0 unspecified atom stereocenters. The van der Waals surface area contributed by atoms with Gasteiger partial charge in [-0.3, -0.25) is 4.79 Å². The maximum atomic E-state index is 12.7. The van der Waals surface area contributed by atoms with Crippen molar-refractivity contribution in [2.24, 2.45) is 0 Å². The standard InChI is InChI=1S/C19H21N3O.2ClH/c23-19(15-6-7-16-13-20-14-17(16)12-15)22-10-8-21(9-11-22)18-4-2-1-3-5-18;;/h1-7,12,20H,8-11,13-14H2;2*1H. The average molecular weight is 380 g/mol. The second-order valence-corrected chi connectivity index (χ2v) is 6.20. The van der Waals surface area contributed by atoms with Crippen molar-refractivity contribution in [3.63, 3.8) is 0 Å². The maximum absolute atomic E-state index is 12.7. The number of halogens is 2. The molecule has 4 rings (SSSR count). The molecule has 2 aromatic carbocycles. The van der Waals surface area contributed by atoms with E-state index in [-0.39, 0.29) is 30.7 Å². The van der Waals surface area contributed by atoms with E-state index in [1.165, 1.54) is 16.8 Å². The Labute approximate surface area is 161 Å². The van der Waals surface area contributed by atoms with Crippen LogP contribution in [0.25, 0.3) is 0 Å². The third-order valence-corrected chi connectivity index (χ3v) is 4.77. The first kappa shape index (κ1) is 19.6. The molecule has 0 radical (unpaired) electrons. The van der Waals surface area contributed by atoms with Crippen LogP contribution in [-0.4, -0.2) is 37.0 Å². The van der Waals surface area contributed by atoms with Gasteiger partial charge in [0.1, 0.15) is 0 Å². The lowest BCUT2D eigenvalue weighted by molar-refractivity contribution is 0.0746. The fourth-order valence-electron chi connectivity index (χ4n) is 3.42. The third kappa shape index (κ3) is 4.09. The van der Waals surface area contributed by atoms with E-state index in [1.54, 1.807) is 0 Å². The summed E-state index contributed by atoms with van der Waals surface area (Å²) in [5.74, 6) is 0.160. The molecule has 1 fully saturated rings. The van der Waals surface area contributed by atoms with Gasteiger partial charge in [-0.2, -0.15) is 0 Å². The van der Waals surface area contributed by atoms with Crippen molar-refractivity contribution in [2.45, 2.75) is 13.1 Å². The molecule has 0 aliphatic carbocycles. The summed E-state index contributed by atoms with van der Waals surface area (Å²) in [7, 11) is 0. The van der Waals surface area contributed by atoms with Gasteiger partial charge in [-0.1, -0.05) is 24.3 Å². The molecule has 1 N–H and O–H groups in total. The molecule has 0 bridgehead atoms. The summed E-state index contributed by atoms with van der Waals surface area (Å²) in [5, 5.41) is 3.33. The molecule has 25 heavy (non-hydrogen) atoms. The second-order valence-electron chi connectivity index (χ2n) is 6.20. The normalized spacial score (nSPS) is 15.8. The summed E-state index contributed by atoms with van der Waals surface area (Å²) >= 11 is 0. The number of para-hydroxylation sites is 1. The number of anilines is 1. The van der Waals surface area contributed by atoms with Crippen LogP contribution < -0.4 is 10.2 Å². The Morgan fingerprint density at radius 3 is 2.24 bits per heavy atom. The number of carbonyl (C=O) groups is 1. The van der Waals surface area contributed by atoms with E-state index >= 15 is 0 Å². The van der Waals surface area contributed by atoms with E-state index in [9.17, 15) is 4.79 Å². The van der Waals surface area contributed by atoms with Crippen LogP contribution in [0.5, 0.6) is 0 Å². The highest BCUT2D eigenvalue weighted by Gasteiger charge is 2.23. The quantitative estimate of drug-likeness (QED) is 0.870. The van der Waals surface area contributed by atoms with Crippen molar-refractivity contribution in [1.29, 1.82) is 0 Å². The monoisotopic (exact) mass is 379 g/mol. The van der Waals surface area contributed by atoms with E-state index in [0.29, 0.717) is 0 Å². The average Bonchev–Trinajstić information content (AvgIpc) is 3.10. The van der Waals surface area contributed by atoms with Gasteiger partial charge in [0.2, 0.25) is 0 Å². The Morgan fingerprint density at radius 2 is 1.52 bits per heavy atom. The molecule has 6 heteroatoms. The maximum Gasteiger partial charge on any atom is 0.253 e. The predicted molar refractivity (Wildman–Crippen MR) is 106 cm³/mol. The first-order chi connectivity index (χ1) is 11.3. The number of amides is 1. The van der Waals surface area contributed by atoms with Crippen LogP contribution in [0.15, 0.2) is 48.5 Å². The molecular weight excluding hydrogens is 357 g/mol. The molecule has 1 saturated heterocycles. The first-order valence-corrected chi connectivity index (χ1v) is 8.23. The second kappa shape index (κ2) is 8.56. The van der Waals surface area contributed by atoms with Gasteiger partial charge >= 0.3 is 0 Å². The van der Waals surface area contributed by atoms with E-state index in [1.807, 2.05) is 17.0 Å². The molecule has 4 nitrogen and oxygen atoms in total. The smallest absolute Gasteiger partial charge is 0.253 e. The van der Waals surface area contributed by atoms with Gasteiger partial charge in [0, 0.05) is 50.5 Å². The number of nitrogens with zero attached hydrogens (tertiary/aromatic N) is 2. The number of fused-ring (bicyclic) bond motifs is 1. The van der Waals surface area contributed by atoms with Gasteiger partial charge in [0.05, 0.1) is 0 Å². The van der Waals surface area contributed by atoms with Crippen LogP contribution in [0.3, 0.4) is 0 Å². The van der Waals surface area contributed by atoms with Gasteiger partial charge in [0.25, 0.3) is 5.91 Å². The Morgan fingerprint density at radius 1 is 0.840 bits per heavy atom. The zero-order valence-electron chi connectivity index (χ0n) is 14.0. The fraction of sp³-hybridized carbons (Fsp3) is 0.316. The van der Waals surface area contributed by atoms with E-state index in [2.05, 4.69) is 46.6 Å². The SMILES string of the molecule is Cl.Cl.O=C(c1ccc2c(c1)CNC2)N1CCN(c2ccccc2)CC1. The minimum atomic E-state index is 0. The zero-order chi connectivity index (χ0) is 15.6. The molecule has 0 aromatic heterocycles. The Hall–Kier alpha value is -1.75. The molecular formula is C19H23Cl2N3O. The molecule has 0 atom stereocenters. The van der Waals surface area contributed by atoms with Crippen molar-refractivity contribution in [3.05, 3.63) is 65.2 Å². The summed E-state index contributed by atoms with van der Waals surface area (Å²) in [6, 6.07) is 16.5. The van der Waals surface area contributed by atoms with Crippen LogP contribution in [0.4, 0.5) is 5.69 Å². The Bertz CT molecular complexity index is 716. The molecule has 0 saturated carbocycles. The summed E-state index contributed by atoms with van der Waals surface area (Å²) in [6.07, 6.45) is 0. The largest absolute Gasteiger partial charge is 0.368 e. The van der Waals surface area contributed by atoms with Crippen molar-refractivity contribution >= 4 is 36.4 Å². The molecule has 2 aromatic rings. The van der Waals surface area contributed by atoms with E-state index in [0.717, 1.165) is 44.8 Å². The van der Waals surface area contributed by atoms with Crippen LogP contribution in [0.2, 0.25) is 0 Å². The number of carbonyl (C=O) groups excluding carboxylic acids is 1. The highest BCUT2D eigenvalue weighted by Crippen LogP contribution is 2.20. The number of hydrogen-bond acceptors (Lipinski definition) is 3. The summed E-state index contributed by atoms with van der Waals surface area (Å²) in [4.78, 5) is 17.0. The number of piperazine rings is 1. The molecule has 1 amide bonds. The van der Waals surface area contributed by atoms with Gasteiger partial charge in [-0.25, -0.2) is 0 Å². The van der Waals surface area contributed by atoms with Crippen molar-refractivity contribution < 1.29 is 4.79 Å². The number of hydrogen-bond donors (Lipinski definition) is 1. The lowest BCUT2D eigenvalue weighted by Gasteiger charge is -2.36. The number of rotatable bonds is 2. The summed E-state index contributed by atoms with van der Waals surface area (Å²) < 4.78 is 0. The number of benzene rings is 2. The third-order valence-electron chi connectivity index (χ3n) is 4.77. The highest BCUT2D eigenvalue weighted by atomic mass is 35.5.